The number of carbonyl (C=O) groups is 3. The van der Waals surface area contributed by atoms with Gasteiger partial charge in [0.15, 0.2) is 6.04 Å². The topological polar surface area (TPSA) is 116 Å². The third-order valence-corrected chi connectivity index (χ3v) is 2.95. The number of methoxy groups -OCH3 is 1. The number of benzene rings is 1. The van der Waals surface area contributed by atoms with Gasteiger partial charge in [0, 0.05) is 0 Å². The average molecular weight is 294 g/mol. The molecule has 9 heteroatoms. The lowest BCUT2D eigenvalue weighted by Crippen LogP contribution is -2.48. The number of amides is 2. The first-order valence-electron chi connectivity index (χ1n) is 5.79. The fourth-order valence-corrected chi connectivity index (χ4v) is 2.01. The Bertz CT molecular complexity index is 593. The highest BCUT2D eigenvalue weighted by Crippen LogP contribution is 2.25. The summed E-state index contributed by atoms with van der Waals surface area (Å²) in [5.74, 6) is -2.43. The first-order valence-corrected chi connectivity index (χ1v) is 5.79. The minimum Gasteiger partial charge on any atom is -0.467 e. The molecule has 0 aromatic heterocycles. The van der Waals surface area contributed by atoms with E-state index in [1.54, 1.807) is 12.1 Å². The molecule has 1 atom stereocenters. The zero-order valence-corrected chi connectivity index (χ0v) is 10.8. The number of fused-ring (bicyclic) bond motifs is 1. The molecule has 2 amide bonds. The van der Waals surface area contributed by atoms with Crippen molar-refractivity contribution in [2.45, 2.75) is 6.04 Å². The number of hydrogen-bond acceptors (Lipinski definition) is 7. The second-order valence-electron chi connectivity index (χ2n) is 4.08. The highest BCUT2D eigenvalue weighted by atomic mass is 16.9. The summed E-state index contributed by atoms with van der Waals surface area (Å²) in [4.78, 5) is 51.0. The fourth-order valence-electron chi connectivity index (χ4n) is 2.01. The molecule has 0 N–H and O–H groups in total. The zero-order valence-electron chi connectivity index (χ0n) is 10.8. The van der Waals surface area contributed by atoms with Crippen LogP contribution in [0.5, 0.6) is 0 Å². The SMILES string of the molecule is COC(=O)C(CO[N+](=O)[O-])N1C(=O)c2ccccc2C1=O. The van der Waals surface area contributed by atoms with Gasteiger partial charge in [-0.1, -0.05) is 12.1 Å². The minimum absolute atomic E-state index is 0.123. The summed E-state index contributed by atoms with van der Waals surface area (Å²) >= 11 is 0. The molecule has 0 radical (unpaired) electrons. The van der Waals surface area contributed by atoms with Crippen LogP contribution in [0.1, 0.15) is 20.7 Å². The molecule has 110 valence electrons. The van der Waals surface area contributed by atoms with Gasteiger partial charge in [0.2, 0.25) is 0 Å². The first-order chi connectivity index (χ1) is 9.97. The molecule has 21 heavy (non-hydrogen) atoms. The summed E-state index contributed by atoms with van der Waals surface area (Å²) in [6.07, 6.45) is 0. The van der Waals surface area contributed by atoms with Crippen molar-refractivity contribution >= 4 is 17.8 Å². The van der Waals surface area contributed by atoms with Gasteiger partial charge in [-0.05, 0) is 12.1 Å². The van der Waals surface area contributed by atoms with E-state index in [2.05, 4.69) is 9.57 Å². The quantitative estimate of drug-likeness (QED) is 0.325. The molecule has 0 bridgehead atoms. The molecule has 0 fully saturated rings. The number of ether oxygens (including phenoxy) is 1. The van der Waals surface area contributed by atoms with Crippen molar-refractivity contribution in [1.29, 1.82) is 0 Å². The molecule has 1 heterocycles. The molecule has 2 rings (SSSR count). The van der Waals surface area contributed by atoms with Crippen LogP contribution in [0.15, 0.2) is 24.3 Å². The van der Waals surface area contributed by atoms with E-state index in [0.717, 1.165) is 7.11 Å². The van der Waals surface area contributed by atoms with Gasteiger partial charge in [-0.25, -0.2) is 4.79 Å². The Morgan fingerprint density at radius 3 is 2.24 bits per heavy atom. The lowest BCUT2D eigenvalue weighted by molar-refractivity contribution is -0.758. The van der Waals surface area contributed by atoms with Crippen molar-refractivity contribution in [2.75, 3.05) is 13.7 Å². The monoisotopic (exact) mass is 294 g/mol. The summed E-state index contributed by atoms with van der Waals surface area (Å²) < 4.78 is 4.46. The van der Waals surface area contributed by atoms with Crippen molar-refractivity contribution in [3.8, 4) is 0 Å². The van der Waals surface area contributed by atoms with Crippen LogP contribution in [0.4, 0.5) is 0 Å². The maximum Gasteiger partial charge on any atom is 0.331 e. The molecule has 0 saturated heterocycles. The van der Waals surface area contributed by atoms with Crippen molar-refractivity contribution in [3.63, 3.8) is 0 Å². The van der Waals surface area contributed by atoms with Crippen LogP contribution < -0.4 is 0 Å². The molecule has 1 aliphatic heterocycles. The zero-order chi connectivity index (χ0) is 15.6. The van der Waals surface area contributed by atoms with Gasteiger partial charge in [-0.15, -0.1) is 10.1 Å². The minimum atomic E-state index is -1.52. The van der Waals surface area contributed by atoms with Crippen LogP contribution in [0.2, 0.25) is 0 Å². The fraction of sp³-hybridized carbons (Fsp3) is 0.250. The Morgan fingerprint density at radius 2 is 1.81 bits per heavy atom. The lowest BCUT2D eigenvalue weighted by atomic mass is 10.1. The molecule has 1 aromatic rings. The second kappa shape index (κ2) is 5.57. The van der Waals surface area contributed by atoms with Crippen LogP contribution in [0.25, 0.3) is 0 Å². The summed E-state index contributed by atoms with van der Waals surface area (Å²) in [5, 5.41) is 9.14. The smallest absolute Gasteiger partial charge is 0.331 e. The Hall–Kier alpha value is -2.97. The lowest BCUT2D eigenvalue weighted by Gasteiger charge is -2.22. The summed E-state index contributed by atoms with van der Waals surface area (Å²) in [5.41, 5.74) is 0.245. The molecule has 9 nitrogen and oxygen atoms in total. The number of nitrogens with zero attached hydrogens (tertiary/aromatic N) is 2. The van der Waals surface area contributed by atoms with Crippen LogP contribution in [-0.2, 0) is 14.4 Å². The number of carbonyl (C=O) groups excluding carboxylic acids is 3. The highest BCUT2D eigenvalue weighted by molar-refractivity contribution is 6.22. The van der Waals surface area contributed by atoms with Gasteiger partial charge in [0.05, 0.1) is 18.2 Å². The summed E-state index contributed by atoms with van der Waals surface area (Å²) in [6.45, 7) is -0.787. The first kappa shape index (κ1) is 14.4. The number of esters is 1. The predicted molar refractivity (Wildman–Crippen MR) is 65.7 cm³/mol. The number of rotatable bonds is 5. The van der Waals surface area contributed by atoms with Gasteiger partial charge in [0.25, 0.3) is 16.9 Å². The molecule has 0 spiro atoms. The normalized spacial score (nSPS) is 14.6. The van der Waals surface area contributed by atoms with E-state index in [0.29, 0.717) is 4.90 Å². The third kappa shape index (κ3) is 2.53. The van der Waals surface area contributed by atoms with E-state index < -0.39 is 35.5 Å². The van der Waals surface area contributed by atoms with Crippen molar-refractivity contribution in [1.82, 2.24) is 4.90 Å². The molecule has 0 aliphatic carbocycles. The van der Waals surface area contributed by atoms with Gasteiger partial charge >= 0.3 is 5.97 Å². The van der Waals surface area contributed by atoms with E-state index in [1.165, 1.54) is 12.1 Å². The maximum absolute atomic E-state index is 12.2. The van der Waals surface area contributed by atoms with Crippen molar-refractivity contribution in [2.24, 2.45) is 0 Å². The van der Waals surface area contributed by atoms with Crippen LogP contribution in [-0.4, -0.2) is 47.5 Å². The van der Waals surface area contributed by atoms with Crippen molar-refractivity contribution in [3.05, 3.63) is 45.5 Å². The molecule has 0 saturated carbocycles. The third-order valence-electron chi connectivity index (χ3n) is 2.95. The van der Waals surface area contributed by atoms with Gasteiger partial charge in [0.1, 0.15) is 6.61 Å². The van der Waals surface area contributed by atoms with E-state index >= 15 is 0 Å². The van der Waals surface area contributed by atoms with Gasteiger partial charge in [-0.2, -0.15) is 0 Å². The molecular formula is C12H10N2O7. The summed E-state index contributed by atoms with van der Waals surface area (Å²) in [6, 6.07) is 4.46. The summed E-state index contributed by atoms with van der Waals surface area (Å²) in [7, 11) is 1.04. The highest BCUT2D eigenvalue weighted by Gasteiger charge is 2.43. The Balaban J connectivity index is 2.33. The van der Waals surface area contributed by atoms with E-state index in [4.69, 9.17) is 0 Å². The Labute approximate surface area is 118 Å². The van der Waals surface area contributed by atoms with E-state index in [-0.39, 0.29) is 11.1 Å². The second-order valence-corrected chi connectivity index (χ2v) is 4.08. The largest absolute Gasteiger partial charge is 0.467 e. The number of hydrogen-bond donors (Lipinski definition) is 0. The Kier molecular flexibility index (Phi) is 3.83. The van der Waals surface area contributed by atoms with Gasteiger partial charge < -0.3 is 9.57 Å². The van der Waals surface area contributed by atoms with E-state index in [9.17, 15) is 24.5 Å². The van der Waals surface area contributed by atoms with E-state index in [1.807, 2.05) is 0 Å². The van der Waals surface area contributed by atoms with Crippen LogP contribution in [0.3, 0.4) is 0 Å². The molecule has 1 aromatic carbocycles. The standard InChI is InChI=1S/C12H10N2O7/c1-20-12(17)9(6-21-14(18)19)13-10(15)7-4-2-3-5-8(7)11(13)16/h2-5,9H,6H2,1H3. The predicted octanol–water partition coefficient (Wildman–Crippen LogP) is 0.0325. The van der Waals surface area contributed by atoms with Crippen LogP contribution in [0, 0.1) is 10.1 Å². The van der Waals surface area contributed by atoms with Gasteiger partial charge in [-0.3, -0.25) is 14.5 Å². The Morgan fingerprint density at radius 1 is 1.29 bits per heavy atom. The van der Waals surface area contributed by atoms with Crippen LogP contribution >= 0.6 is 0 Å². The molecule has 1 aliphatic rings. The maximum atomic E-state index is 12.2. The average Bonchev–Trinajstić information content (AvgIpc) is 2.72. The van der Waals surface area contributed by atoms with Crippen molar-refractivity contribution < 1.29 is 29.0 Å². The number of imide groups is 1. The molecule has 1 unspecified atom stereocenters. The molecular weight excluding hydrogens is 284 g/mol.